The van der Waals surface area contributed by atoms with Crippen LogP contribution in [0.3, 0.4) is 0 Å². The van der Waals surface area contributed by atoms with E-state index in [9.17, 15) is 0 Å². The molecular formula is C15H22N2. The van der Waals surface area contributed by atoms with Crippen LogP contribution in [0, 0.1) is 5.92 Å². The zero-order chi connectivity index (χ0) is 11.7. The van der Waals surface area contributed by atoms with Crippen LogP contribution in [-0.4, -0.2) is 30.6 Å². The molecule has 2 unspecified atom stereocenters. The molecule has 2 atom stereocenters. The number of rotatable bonds is 1. The number of fused-ring (bicyclic) bond motifs is 1. The molecule has 1 fully saturated rings. The van der Waals surface area contributed by atoms with Gasteiger partial charge in [0.15, 0.2) is 0 Å². The molecule has 0 bridgehead atoms. The summed E-state index contributed by atoms with van der Waals surface area (Å²) in [6.07, 6.45) is 2.54. The zero-order valence-corrected chi connectivity index (χ0v) is 10.7. The molecule has 92 valence electrons. The van der Waals surface area contributed by atoms with Crippen LogP contribution in [0.2, 0.25) is 0 Å². The molecule has 0 amide bonds. The fraction of sp³-hybridized carbons (Fsp3) is 0.600. The molecule has 2 aliphatic rings. The highest BCUT2D eigenvalue weighted by Gasteiger charge is 2.29. The van der Waals surface area contributed by atoms with Crippen molar-refractivity contribution in [3.05, 3.63) is 35.4 Å². The Labute approximate surface area is 104 Å². The van der Waals surface area contributed by atoms with E-state index in [1.807, 2.05) is 0 Å². The Morgan fingerprint density at radius 2 is 2.06 bits per heavy atom. The summed E-state index contributed by atoms with van der Waals surface area (Å²) in [5.74, 6) is 0.786. The van der Waals surface area contributed by atoms with E-state index in [0.29, 0.717) is 0 Å². The molecule has 2 aliphatic heterocycles. The lowest BCUT2D eigenvalue weighted by molar-refractivity contribution is 0.107. The molecule has 1 aromatic carbocycles. The van der Waals surface area contributed by atoms with Crippen molar-refractivity contribution in [2.75, 3.05) is 19.6 Å². The fourth-order valence-corrected chi connectivity index (χ4v) is 3.34. The first kappa shape index (κ1) is 11.2. The Balaban J connectivity index is 1.75. The summed E-state index contributed by atoms with van der Waals surface area (Å²) in [6.45, 7) is 7.16. The number of benzene rings is 1. The van der Waals surface area contributed by atoms with Crippen molar-refractivity contribution in [2.24, 2.45) is 5.92 Å². The number of hydrogen-bond acceptors (Lipinski definition) is 2. The minimum absolute atomic E-state index is 0.782. The predicted molar refractivity (Wildman–Crippen MR) is 71.0 cm³/mol. The minimum atomic E-state index is 0.782. The van der Waals surface area contributed by atoms with E-state index in [4.69, 9.17) is 0 Å². The highest BCUT2D eigenvalue weighted by molar-refractivity contribution is 5.29. The molecule has 0 spiro atoms. The third-order valence-corrected chi connectivity index (χ3v) is 4.37. The van der Waals surface area contributed by atoms with Crippen molar-refractivity contribution in [3.8, 4) is 0 Å². The maximum Gasteiger partial charge on any atom is 0.0239 e. The van der Waals surface area contributed by atoms with Crippen LogP contribution in [-0.2, 0) is 13.0 Å². The second-order valence-electron chi connectivity index (χ2n) is 5.53. The van der Waals surface area contributed by atoms with Gasteiger partial charge in [0.1, 0.15) is 0 Å². The van der Waals surface area contributed by atoms with Crippen LogP contribution in [0.25, 0.3) is 0 Å². The first-order valence-electron chi connectivity index (χ1n) is 6.86. The topological polar surface area (TPSA) is 15.3 Å². The molecule has 17 heavy (non-hydrogen) atoms. The Morgan fingerprint density at radius 1 is 1.24 bits per heavy atom. The number of piperidine rings is 1. The smallest absolute Gasteiger partial charge is 0.0239 e. The summed E-state index contributed by atoms with van der Waals surface area (Å²) >= 11 is 0. The lowest BCUT2D eigenvalue weighted by Gasteiger charge is -2.41. The fourth-order valence-electron chi connectivity index (χ4n) is 3.34. The van der Waals surface area contributed by atoms with E-state index in [1.54, 1.807) is 11.1 Å². The maximum absolute atomic E-state index is 3.50. The molecule has 2 heterocycles. The Bertz CT molecular complexity index is 388. The highest BCUT2D eigenvalue weighted by atomic mass is 15.2. The number of nitrogens with zero attached hydrogens (tertiary/aromatic N) is 1. The van der Waals surface area contributed by atoms with E-state index in [2.05, 4.69) is 41.4 Å². The standard InChI is InChI=1S/C15H22N2/c1-12-10-16-8-6-15(12)17-9-7-13-4-2-3-5-14(13)11-17/h2-5,12,15-16H,6-11H2,1H3. The van der Waals surface area contributed by atoms with Crippen LogP contribution in [0.1, 0.15) is 24.5 Å². The molecule has 0 aliphatic carbocycles. The average Bonchev–Trinajstić information content (AvgIpc) is 2.39. The molecule has 1 N–H and O–H groups in total. The quantitative estimate of drug-likeness (QED) is 0.794. The zero-order valence-electron chi connectivity index (χ0n) is 10.7. The van der Waals surface area contributed by atoms with Gasteiger partial charge in [0.25, 0.3) is 0 Å². The highest BCUT2D eigenvalue weighted by Crippen LogP contribution is 2.25. The number of nitrogens with one attached hydrogen (secondary N) is 1. The van der Waals surface area contributed by atoms with Gasteiger partial charge in [-0.05, 0) is 43.0 Å². The van der Waals surface area contributed by atoms with Gasteiger partial charge >= 0.3 is 0 Å². The molecule has 0 radical (unpaired) electrons. The monoisotopic (exact) mass is 230 g/mol. The molecule has 1 saturated heterocycles. The first-order valence-corrected chi connectivity index (χ1v) is 6.86. The normalized spacial score (nSPS) is 29.9. The van der Waals surface area contributed by atoms with Gasteiger partial charge in [-0.3, -0.25) is 4.90 Å². The van der Waals surface area contributed by atoms with E-state index in [1.165, 1.54) is 32.5 Å². The average molecular weight is 230 g/mol. The summed E-state index contributed by atoms with van der Waals surface area (Å²) < 4.78 is 0. The second kappa shape index (κ2) is 4.79. The molecular weight excluding hydrogens is 208 g/mol. The van der Waals surface area contributed by atoms with Gasteiger partial charge in [0, 0.05) is 19.1 Å². The van der Waals surface area contributed by atoms with E-state index in [-0.39, 0.29) is 0 Å². The first-order chi connectivity index (χ1) is 8.34. The van der Waals surface area contributed by atoms with Crippen molar-refractivity contribution in [1.82, 2.24) is 10.2 Å². The maximum atomic E-state index is 3.50. The third kappa shape index (κ3) is 2.24. The van der Waals surface area contributed by atoms with Gasteiger partial charge in [-0.1, -0.05) is 31.2 Å². The van der Waals surface area contributed by atoms with Crippen LogP contribution >= 0.6 is 0 Å². The third-order valence-electron chi connectivity index (χ3n) is 4.37. The van der Waals surface area contributed by atoms with Crippen LogP contribution in [0.5, 0.6) is 0 Å². The second-order valence-corrected chi connectivity index (χ2v) is 5.53. The van der Waals surface area contributed by atoms with E-state index in [0.717, 1.165) is 18.5 Å². The summed E-state index contributed by atoms with van der Waals surface area (Å²) in [5, 5.41) is 3.50. The van der Waals surface area contributed by atoms with Gasteiger partial charge in [-0.15, -0.1) is 0 Å². The molecule has 0 saturated carbocycles. The van der Waals surface area contributed by atoms with Crippen LogP contribution in [0.15, 0.2) is 24.3 Å². The SMILES string of the molecule is CC1CNCCC1N1CCc2ccccc2C1. The van der Waals surface area contributed by atoms with Crippen molar-refractivity contribution >= 4 is 0 Å². The molecule has 0 aromatic heterocycles. The van der Waals surface area contributed by atoms with Gasteiger partial charge < -0.3 is 5.32 Å². The van der Waals surface area contributed by atoms with Crippen molar-refractivity contribution in [3.63, 3.8) is 0 Å². The van der Waals surface area contributed by atoms with Crippen LogP contribution < -0.4 is 5.32 Å². The summed E-state index contributed by atoms with van der Waals surface area (Å²) in [6, 6.07) is 9.71. The predicted octanol–water partition coefficient (Wildman–Crippen LogP) is 2.04. The molecule has 1 aromatic rings. The Kier molecular flexibility index (Phi) is 3.17. The lowest BCUT2D eigenvalue weighted by Crippen LogP contribution is -2.50. The van der Waals surface area contributed by atoms with E-state index >= 15 is 0 Å². The van der Waals surface area contributed by atoms with Crippen LogP contribution in [0.4, 0.5) is 0 Å². The van der Waals surface area contributed by atoms with Crippen molar-refractivity contribution in [2.45, 2.75) is 32.4 Å². The molecule has 2 nitrogen and oxygen atoms in total. The summed E-state index contributed by atoms with van der Waals surface area (Å²) in [5.41, 5.74) is 3.11. The van der Waals surface area contributed by atoms with Crippen molar-refractivity contribution in [1.29, 1.82) is 0 Å². The van der Waals surface area contributed by atoms with E-state index < -0.39 is 0 Å². The van der Waals surface area contributed by atoms with Gasteiger partial charge in [-0.2, -0.15) is 0 Å². The molecule has 2 heteroatoms. The summed E-state index contributed by atoms with van der Waals surface area (Å²) in [7, 11) is 0. The Morgan fingerprint density at radius 3 is 2.88 bits per heavy atom. The number of hydrogen-bond donors (Lipinski definition) is 1. The van der Waals surface area contributed by atoms with Crippen molar-refractivity contribution < 1.29 is 0 Å². The summed E-state index contributed by atoms with van der Waals surface area (Å²) in [4.78, 5) is 2.70. The van der Waals surface area contributed by atoms with Gasteiger partial charge in [0.2, 0.25) is 0 Å². The largest absolute Gasteiger partial charge is 0.316 e. The van der Waals surface area contributed by atoms with Gasteiger partial charge in [0.05, 0.1) is 0 Å². The lowest BCUT2D eigenvalue weighted by atomic mass is 9.90. The molecule has 3 rings (SSSR count). The minimum Gasteiger partial charge on any atom is -0.316 e. The Hall–Kier alpha value is -0.860. The van der Waals surface area contributed by atoms with Gasteiger partial charge in [-0.25, -0.2) is 0 Å².